The van der Waals surface area contributed by atoms with Crippen LogP contribution in [0.1, 0.15) is 22.8 Å². The summed E-state index contributed by atoms with van der Waals surface area (Å²) in [6.45, 7) is -0.176. The van der Waals surface area contributed by atoms with E-state index in [2.05, 4.69) is 0 Å². The lowest BCUT2D eigenvalue weighted by Gasteiger charge is -2.13. The minimum absolute atomic E-state index is 0.176. The molecule has 0 spiro atoms. The molecule has 2 unspecified atom stereocenters. The van der Waals surface area contributed by atoms with Gasteiger partial charge in [-0.2, -0.15) is 4.57 Å². The molecule has 0 aromatic carbocycles. The van der Waals surface area contributed by atoms with Crippen LogP contribution in [0.5, 0.6) is 0 Å². The van der Waals surface area contributed by atoms with E-state index < -0.39 is 18.1 Å². The van der Waals surface area contributed by atoms with Gasteiger partial charge < -0.3 is 21.1 Å². The van der Waals surface area contributed by atoms with E-state index in [0.29, 0.717) is 12.0 Å². The Bertz CT molecular complexity index is 451. The van der Waals surface area contributed by atoms with E-state index in [9.17, 15) is 15.0 Å². The van der Waals surface area contributed by atoms with Gasteiger partial charge in [-0.3, -0.25) is 4.79 Å². The molecule has 1 fully saturated rings. The number of aliphatic hydroxyl groups is 3. The molecule has 18 heavy (non-hydrogen) atoms. The number of nitrogens with zero attached hydrogens (tertiary/aromatic N) is 1. The fourth-order valence-corrected chi connectivity index (χ4v) is 2.42. The van der Waals surface area contributed by atoms with E-state index in [1.165, 1.54) is 0 Å². The summed E-state index contributed by atoms with van der Waals surface area (Å²) in [5.74, 6) is -0.897. The van der Waals surface area contributed by atoms with Crippen molar-refractivity contribution in [3.63, 3.8) is 0 Å². The Hall–Kier alpha value is -1.50. The summed E-state index contributed by atoms with van der Waals surface area (Å²) < 4.78 is 1.66. The quantitative estimate of drug-likeness (QED) is 0.484. The van der Waals surface area contributed by atoms with Gasteiger partial charge in [0.15, 0.2) is 18.4 Å². The molecule has 0 saturated heterocycles. The van der Waals surface area contributed by atoms with Crippen LogP contribution in [-0.4, -0.2) is 40.0 Å². The number of carbonyl (C=O) groups is 1. The van der Waals surface area contributed by atoms with Crippen LogP contribution >= 0.6 is 0 Å². The molecular formula is C12H17N2O4+. The predicted octanol–water partition coefficient (Wildman–Crippen LogP) is -1.65. The molecule has 98 valence electrons. The van der Waals surface area contributed by atoms with E-state index >= 15 is 0 Å². The van der Waals surface area contributed by atoms with Gasteiger partial charge in [-0.15, -0.1) is 0 Å². The second-order valence-electron chi connectivity index (χ2n) is 4.63. The number of nitrogens with two attached hydrogens (primary N) is 1. The average Bonchev–Trinajstić information content (AvgIpc) is 2.66. The van der Waals surface area contributed by atoms with Gasteiger partial charge in [0.1, 0.15) is 11.7 Å². The third-order valence-electron chi connectivity index (χ3n) is 3.50. The van der Waals surface area contributed by atoms with Gasteiger partial charge >= 0.3 is 0 Å². The van der Waals surface area contributed by atoms with Crippen LogP contribution in [-0.2, 0) is 0 Å². The molecule has 4 atom stereocenters. The third-order valence-corrected chi connectivity index (χ3v) is 3.50. The predicted molar refractivity (Wildman–Crippen MR) is 61.4 cm³/mol. The summed E-state index contributed by atoms with van der Waals surface area (Å²) in [4.78, 5) is 11.1. The molecule has 5 N–H and O–H groups in total. The highest BCUT2D eigenvalue weighted by molar-refractivity contribution is 5.92. The van der Waals surface area contributed by atoms with E-state index in [-0.39, 0.29) is 18.6 Å². The molecule has 1 saturated carbocycles. The van der Waals surface area contributed by atoms with Gasteiger partial charge in [0, 0.05) is 25.0 Å². The van der Waals surface area contributed by atoms with Crippen molar-refractivity contribution >= 4 is 5.91 Å². The summed E-state index contributed by atoms with van der Waals surface area (Å²) in [6, 6.07) is 2.88. The third kappa shape index (κ3) is 2.22. The maximum absolute atomic E-state index is 11.1. The minimum Gasteiger partial charge on any atom is -0.396 e. The summed E-state index contributed by atoms with van der Waals surface area (Å²) in [7, 11) is 0. The Kier molecular flexibility index (Phi) is 3.60. The molecule has 1 aliphatic rings. The van der Waals surface area contributed by atoms with Crippen molar-refractivity contribution in [1.82, 2.24) is 0 Å². The van der Waals surface area contributed by atoms with Crippen LogP contribution in [0.25, 0.3) is 0 Å². The van der Waals surface area contributed by atoms with Gasteiger partial charge in [-0.25, -0.2) is 0 Å². The Morgan fingerprint density at radius 1 is 1.44 bits per heavy atom. The Morgan fingerprint density at radius 2 is 2.17 bits per heavy atom. The number of amides is 1. The molecule has 0 bridgehead atoms. The molecule has 1 amide bonds. The molecule has 6 nitrogen and oxygen atoms in total. The molecule has 1 aromatic rings. The van der Waals surface area contributed by atoms with Crippen molar-refractivity contribution < 1.29 is 24.7 Å². The van der Waals surface area contributed by atoms with Crippen LogP contribution < -0.4 is 10.3 Å². The Labute approximate surface area is 104 Å². The number of aromatic nitrogens is 1. The van der Waals surface area contributed by atoms with Crippen LogP contribution in [0.15, 0.2) is 24.5 Å². The zero-order chi connectivity index (χ0) is 13.3. The molecule has 0 aliphatic heterocycles. The summed E-state index contributed by atoms with van der Waals surface area (Å²) in [5.41, 5.74) is 5.53. The smallest absolute Gasteiger partial charge is 0.254 e. The van der Waals surface area contributed by atoms with Crippen LogP contribution in [0, 0.1) is 5.92 Å². The van der Waals surface area contributed by atoms with Crippen molar-refractivity contribution in [2.24, 2.45) is 11.7 Å². The highest BCUT2D eigenvalue weighted by Gasteiger charge is 2.46. The normalized spacial score (nSPS) is 31.5. The monoisotopic (exact) mass is 253 g/mol. The molecule has 6 heteroatoms. The van der Waals surface area contributed by atoms with Crippen molar-refractivity contribution in [2.45, 2.75) is 24.7 Å². The maximum atomic E-state index is 11.1. The van der Waals surface area contributed by atoms with E-state index in [1.807, 2.05) is 0 Å². The van der Waals surface area contributed by atoms with Crippen LogP contribution in [0.4, 0.5) is 0 Å². The van der Waals surface area contributed by atoms with Gasteiger partial charge in [0.05, 0.1) is 6.10 Å². The topological polar surface area (TPSA) is 108 Å². The lowest BCUT2D eigenvalue weighted by molar-refractivity contribution is -0.728. The lowest BCUT2D eigenvalue weighted by Crippen LogP contribution is -2.45. The molecule has 0 radical (unpaired) electrons. The van der Waals surface area contributed by atoms with Gasteiger partial charge in [-0.05, 0) is 6.07 Å². The first-order chi connectivity index (χ1) is 8.54. The Balaban J connectivity index is 2.27. The maximum Gasteiger partial charge on any atom is 0.254 e. The number of rotatable bonds is 3. The second-order valence-corrected chi connectivity index (χ2v) is 4.63. The van der Waals surface area contributed by atoms with Gasteiger partial charge in [0.25, 0.3) is 5.91 Å². The van der Waals surface area contributed by atoms with E-state index in [1.54, 1.807) is 29.1 Å². The second kappa shape index (κ2) is 5.01. The van der Waals surface area contributed by atoms with Crippen LogP contribution in [0.3, 0.4) is 0 Å². The SMILES string of the molecule is NC(=O)c1ccc[n+]([C@@H]2C[C@H](CO)C(O)C2O)c1. The summed E-state index contributed by atoms with van der Waals surface area (Å²) in [6.07, 6.45) is 1.78. The highest BCUT2D eigenvalue weighted by Crippen LogP contribution is 2.31. The van der Waals surface area contributed by atoms with E-state index in [4.69, 9.17) is 10.8 Å². The number of carbonyl (C=O) groups excluding carboxylic acids is 1. The zero-order valence-corrected chi connectivity index (χ0v) is 9.81. The average molecular weight is 253 g/mol. The number of hydrogen-bond donors (Lipinski definition) is 4. The van der Waals surface area contributed by atoms with Crippen LogP contribution in [0.2, 0.25) is 0 Å². The number of pyridine rings is 1. The van der Waals surface area contributed by atoms with Crippen molar-refractivity contribution in [1.29, 1.82) is 0 Å². The summed E-state index contributed by atoms with van der Waals surface area (Å²) in [5, 5.41) is 28.8. The van der Waals surface area contributed by atoms with Crippen molar-refractivity contribution in [3.05, 3.63) is 30.1 Å². The summed E-state index contributed by atoms with van der Waals surface area (Å²) >= 11 is 0. The Morgan fingerprint density at radius 3 is 2.72 bits per heavy atom. The number of primary amides is 1. The molecule has 1 heterocycles. The molecule has 1 aliphatic carbocycles. The first-order valence-electron chi connectivity index (χ1n) is 5.82. The lowest BCUT2D eigenvalue weighted by atomic mass is 10.1. The largest absolute Gasteiger partial charge is 0.396 e. The number of aliphatic hydroxyl groups excluding tert-OH is 3. The minimum atomic E-state index is -0.963. The first kappa shape index (κ1) is 12.9. The molecular weight excluding hydrogens is 236 g/mol. The van der Waals surface area contributed by atoms with Crippen molar-refractivity contribution in [2.75, 3.05) is 6.61 Å². The molecule has 1 aromatic heterocycles. The first-order valence-corrected chi connectivity index (χ1v) is 5.82. The number of hydrogen-bond acceptors (Lipinski definition) is 4. The fraction of sp³-hybridized carbons (Fsp3) is 0.500. The van der Waals surface area contributed by atoms with E-state index in [0.717, 1.165) is 0 Å². The standard InChI is InChI=1S/C12H16N2O4/c13-12(18)7-2-1-3-14(5-7)9-4-8(6-15)10(16)11(9)17/h1-3,5,8-11,15-17H,4,6H2,(H-,13,18)/p+1/t8-,9-,10?,11?/m1/s1. The zero-order valence-electron chi connectivity index (χ0n) is 9.81. The van der Waals surface area contributed by atoms with Gasteiger partial charge in [-0.1, -0.05) is 0 Å². The highest BCUT2D eigenvalue weighted by atomic mass is 16.3. The van der Waals surface area contributed by atoms with Gasteiger partial charge in [0.2, 0.25) is 0 Å². The molecule has 2 rings (SSSR count). The fourth-order valence-electron chi connectivity index (χ4n) is 2.42. The van der Waals surface area contributed by atoms with Crippen molar-refractivity contribution in [3.8, 4) is 0 Å².